The first-order valence-corrected chi connectivity index (χ1v) is 24.9. The van der Waals surface area contributed by atoms with Gasteiger partial charge in [0.25, 0.3) is 20.0 Å². The van der Waals surface area contributed by atoms with Crippen molar-refractivity contribution in [3.63, 3.8) is 0 Å². The number of hydrogen-bond acceptors (Lipinski definition) is 10. The van der Waals surface area contributed by atoms with Crippen LogP contribution in [0.4, 0.5) is 11.4 Å². The van der Waals surface area contributed by atoms with Gasteiger partial charge in [-0.15, -0.1) is 0 Å². The second-order valence-corrected chi connectivity index (χ2v) is 23.9. The van der Waals surface area contributed by atoms with Crippen LogP contribution >= 0.6 is 31.9 Å². The minimum atomic E-state index is -3.80. The molecule has 12 nitrogen and oxygen atoms in total. The number of benzene rings is 4. The highest BCUT2D eigenvalue weighted by atomic mass is 79.9. The second-order valence-electron chi connectivity index (χ2n) is 18.3. The zero-order valence-corrected chi connectivity index (χ0v) is 40.7. The number of nitrogens with zero attached hydrogens (tertiary/aromatic N) is 2. The topological polar surface area (TPSA) is 146 Å². The fourth-order valence-corrected chi connectivity index (χ4v) is 11.6. The Morgan fingerprint density at radius 2 is 0.968 bits per heavy atom. The molecular formula is C46H52Br2N2O10S2. The van der Waals surface area contributed by atoms with E-state index in [1.807, 2.05) is 79.7 Å². The summed E-state index contributed by atoms with van der Waals surface area (Å²) in [5.41, 5.74) is 1.59. The molecule has 0 aromatic heterocycles. The quantitative estimate of drug-likeness (QED) is 0.157. The van der Waals surface area contributed by atoms with Gasteiger partial charge in [-0.2, -0.15) is 0 Å². The molecule has 16 heteroatoms. The van der Waals surface area contributed by atoms with Crippen molar-refractivity contribution >= 4 is 75.2 Å². The van der Waals surface area contributed by atoms with Gasteiger partial charge < -0.3 is 18.9 Å². The Labute approximate surface area is 381 Å². The molecule has 2 aliphatic carbocycles. The number of ether oxygens (including phenoxy) is 4. The number of rotatable bonds is 8. The lowest BCUT2D eigenvalue weighted by Crippen LogP contribution is -2.45. The van der Waals surface area contributed by atoms with E-state index in [0.717, 1.165) is 20.1 Å². The van der Waals surface area contributed by atoms with Crippen LogP contribution in [0.5, 0.6) is 11.5 Å². The summed E-state index contributed by atoms with van der Waals surface area (Å²) in [5.74, 6) is -0.235. The third kappa shape index (κ3) is 10.3. The van der Waals surface area contributed by atoms with Gasteiger partial charge in [0, 0.05) is 20.8 Å². The molecule has 62 heavy (non-hydrogen) atoms. The summed E-state index contributed by atoms with van der Waals surface area (Å²) < 4.78 is 82.0. The van der Waals surface area contributed by atoms with Gasteiger partial charge in [-0.25, -0.2) is 16.8 Å². The third-order valence-electron chi connectivity index (χ3n) is 10.8. The molecule has 2 heterocycles. The standard InChI is InChI=1S/2C23H26BrNO5S/c2*1-14-6-5-7-16(10-14)31(27,28)25-13-21(29-20-9-8-15(24)11-19(20)25)17-12-18(17)22(26)30-23(2,3)4/h2*5-11,17-18,21H,12-13H2,1-4H3/t17-,18-,21+;17-,18-,21-/m01/s1. The van der Waals surface area contributed by atoms with Crippen LogP contribution in [0.15, 0.2) is 104 Å². The summed E-state index contributed by atoms with van der Waals surface area (Å²) in [4.78, 5) is 25.4. The summed E-state index contributed by atoms with van der Waals surface area (Å²) in [6.45, 7) is 15.0. The fraction of sp³-hybridized carbons (Fsp3) is 0.435. The number of fused-ring (bicyclic) bond motifs is 2. The Morgan fingerprint density at radius 1 is 0.597 bits per heavy atom. The van der Waals surface area contributed by atoms with Crippen molar-refractivity contribution in [1.82, 2.24) is 0 Å². The zero-order valence-electron chi connectivity index (χ0n) is 35.9. The van der Waals surface area contributed by atoms with Gasteiger partial charge in [0.2, 0.25) is 0 Å². The zero-order chi connectivity index (χ0) is 45.1. The van der Waals surface area contributed by atoms with Crippen LogP contribution in [0.2, 0.25) is 0 Å². The summed E-state index contributed by atoms with van der Waals surface area (Å²) in [5, 5.41) is 0. The van der Waals surface area contributed by atoms with Crippen LogP contribution in [0.1, 0.15) is 65.5 Å². The van der Waals surface area contributed by atoms with Crippen molar-refractivity contribution in [3.05, 3.63) is 105 Å². The molecule has 6 atom stereocenters. The molecule has 0 spiro atoms. The van der Waals surface area contributed by atoms with E-state index in [4.69, 9.17) is 18.9 Å². The molecule has 2 fully saturated rings. The maximum Gasteiger partial charge on any atom is 0.309 e. The predicted molar refractivity (Wildman–Crippen MR) is 243 cm³/mol. The molecule has 0 saturated heterocycles. The summed E-state index contributed by atoms with van der Waals surface area (Å²) >= 11 is 6.85. The SMILES string of the molecule is Cc1cccc(S(=O)(=O)N2C[C@H]([C@@H]3C[C@H]3C(=O)OC(C)(C)C)Oc3ccc(Br)cc32)c1.Cc1cccc(S(=O)(=O)N2C[C@H]([C@H]3C[C@@H]3C(=O)OC(C)(C)C)Oc3ccc(Br)cc32)c1. The second kappa shape index (κ2) is 17.1. The van der Waals surface area contributed by atoms with E-state index in [2.05, 4.69) is 31.9 Å². The summed E-state index contributed by atoms with van der Waals surface area (Å²) in [7, 11) is -7.61. The molecule has 2 aliphatic heterocycles. The first-order chi connectivity index (χ1) is 28.9. The summed E-state index contributed by atoms with van der Waals surface area (Å²) in [6.07, 6.45) is 0.407. The van der Waals surface area contributed by atoms with Gasteiger partial charge >= 0.3 is 11.9 Å². The molecule has 0 radical (unpaired) electrons. The highest BCUT2D eigenvalue weighted by molar-refractivity contribution is 9.10. The average Bonchev–Trinajstić information content (AvgIpc) is 4.11. The van der Waals surface area contributed by atoms with E-state index in [-0.39, 0.29) is 58.5 Å². The molecule has 4 aromatic rings. The first kappa shape index (κ1) is 45.9. The van der Waals surface area contributed by atoms with Gasteiger partial charge in [-0.3, -0.25) is 18.2 Å². The molecule has 332 valence electrons. The minimum Gasteiger partial charge on any atom is -0.486 e. The average molecular weight is 1020 g/mol. The van der Waals surface area contributed by atoms with Gasteiger partial charge in [0.15, 0.2) is 0 Å². The monoisotopic (exact) mass is 1010 g/mol. The van der Waals surface area contributed by atoms with Crippen LogP contribution in [-0.4, -0.2) is 65.3 Å². The van der Waals surface area contributed by atoms with Gasteiger partial charge in [0.05, 0.1) is 46.1 Å². The Kier molecular flexibility index (Phi) is 12.7. The fourth-order valence-electron chi connectivity index (χ4n) is 7.75. The van der Waals surface area contributed by atoms with Crippen molar-refractivity contribution < 1.29 is 45.4 Å². The largest absolute Gasteiger partial charge is 0.486 e. The maximum atomic E-state index is 13.6. The molecule has 0 N–H and O–H groups in total. The normalized spacial score (nSPS) is 23.0. The maximum absolute atomic E-state index is 13.6. The lowest BCUT2D eigenvalue weighted by atomic mass is 10.1. The molecular weight excluding hydrogens is 964 g/mol. The van der Waals surface area contributed by atoms with Gasteiger partial charge in [-0.05, 0) is 140 Å². The number of anilines is 2. The van der Waals surface area contributed by atoms with Crippen LogP contribution in [0, 0.1) is 37.5 Å². The van der Waals surface area contributed by atoms with E-state index in [1.165, 1.54) is 8.61 Å². The highest BCUT2D eigenvalue weighted by Gasteiger charge is 2.54. The number of carbonyl (C=O) groups is 2. The lowest BCUT2D eigenvalue weighted by molar-refractivity contribution is -0.158. The Morgan fingerprint density at radius 3 is 1.31 bits per heavy atom. The Hall–Kier alpha value is -4.12. The molecule has 4 aliphatic rings. The van der Waals surface area contributed by atoms with Crippen LogP contribution in [0.3, 0.4) is 0 Å². The van der Waals surface area contributed by atoms with Crippen molar-refractivity contribution in [1.29, 1.82) is 0 Å². The lowest BCUT2D eigenvalue weighted by Gasteiger charge is -2.36. The van der Waals surface area contributed by atoms with Gasteiger partial charge in [0.1, 0.15) is 34.9 Å². The van der Waals surface area contributed by atoms with Crippen LogP contribution < -0.4 is 18.1 Å². The van der Waals surface area contributed by atoms with E-state index in [9.17, 15) is 26.4 Å². The number of aryl methyl sites for hydroxylation is 2. The third-order valence-corrected chi connectivity index (χ3v) is 15.4. The summed E-state index contributed by atoms with van der Waals surface area (Å²) in [6, 6.07) is 24.4. The van der Waals surface area contributed by atoms with E-state index < -0.39 is 43.5 Å². The van der Waals surface area contributed by atoms with Crippen LogP contribution in [0.25, 0.3) is 0 Å². The number of sulfonamides is 2. The number of hydrogen-bond donors (Lipinski definition) is 0. The first-order valence-electron chi connectivity index (χ1n) is 20.5. The Balaban J connectivity index is 0.000000186. The molecule has 8 rings (SSSR count). The predicted octanol–water partition coefficient (Wildman–Crippen LogP) is 9.38. The van der Waals surface area contributed by atoms with Crippen molar-refractivity contribution in [2.45, 2.75) is 101 Å². The van der Waals surface area contributed by atoms with Crippen molar-refractivity contribution in [2.24, 2.45) is 23.7 Å². The molecule has 0 unspecified atom stereocenters. The van der Waals surface area contributed by atoms with Crippen molar-refractivity contribution in [2.75, 3.05) is 21.7 Å². The highest BCUT2D eigenvalue weighted by Crippen LogP contribution is 2.50. The van der Waals surface area contributed by atoms with Crippen LogP contribution in [-0.2, 0) is 39.1 Å². The van der Waals surface area contributed by atoms with E-state index in [1.54, 1.807) is 60.7 Å². The minimum absolute atomic E-state index is 0.0816. The smallest absolute Gasteiger partial charge is 0.309 e. The molecule has 0 amide bonds. The number of esters is 2. The molecule has 2 saturated carbocycles. The van der Waals surface area contributed by atoms with E-state index in [0.29, 0.717) is 35.7 Å². The van der Waals surface area contributed by atoms with Crippen molar-refractivity contribution in [3.8, 4) is 11.5 Å². The van der Waals surface area contributed by atoms with Gasteiger partial charge in [-0.1, -0.05) is 56.1 Å². The Bertz CT molecular complexity index is 2430. The molecule has 0 bridgehead atoms. The number of carbonyl (C=O) groups excluding carboxylic acids is 2. The van der Waals surface area contributed by atoms with E-state index >= 15 is 0 Å². The number of halogens is 2. The molecule has 4 aromatic carbocycles.